The fourth-order valence-electron chi connectivity index (χ4n) is 1.64. The number of anilines is 1. The fraction of sp³-hybridized carbons (Fsp3) is 0.0769. The van der Waals surface area contributed by atoms with Gasteiger partial charge < -0.3 is 9.84 Å². The highest BCUT2D eigenvalue weighted by atomic mass is 16.5. The lowest BCUT2D eigenvalue weighted by atomic mass is 10.2. The zero-order chi connectivity index (χ0) is 13.1. The molecule has 0 aliphatic heterocycles. The minimum absolute atomic E-state index is 0.431. The van der Waals surface area contributed by atoms with E-state index in [0.717, 1.165) is 11.3 Å². The summed E-state index contributed by atoms with van der Waals surface area (Å²) < 4.78 is 5.23. The Bertz CT molecular complexity index is 663. The first-order valence-electron chi connectivity index (χ1n) is 5.75. The molecule has 0 bridgehead atoms. The first-order chi connectivity index (χ1) is 9.36. The summed E-state index contributed by atoms with van der Waals surface area (Å²) in [4.78, 5) is 12.4. The van der Waals surface area contributed by atoms with Crippen molar-refractivity contribution in [3.05, 3.63) is 42.9 Å². The van der Waals surface area contributed by atoms with Gasteiger partial charge in [-0.05, 0) is 24.3 Å². The third-order valence-electron chi connectivity index (χ3n) is 2.64. The molecule has 0 fully saturated rings. The van der Waals surface area contributed by atoms with Crippen molar-refractivity contribution in [2.24, 2.45) is 0 Å². The lowest BCUT2D eigenvalue weighted by Crippen LogP contribution is -1.87. The second kappa shape index (κ2) is 4.85. The quantitative estimate of drug-likeness (QED) is 0.771. The van der Waals surface area contributed by atoms with Gasteiger partial charge in [-0.15, -0.1) is 0 Å². The van der Waals surface area contributed by atoms with E-state index in [1.54, 1.807) is 18.6 Å². The second-order valence-corrected chi connectivity index (χ2v) is 3.84. The van der Waals surface area contributed by atoms with Crippen LogP contribution in [0.25, 0.3) is 23.0 Å². The van der Waals surface area contributed by atoms with E-state index in [1.165, 1.54) is 0 Å². The molecule has 3 aromatic rings. The number of aromatic nitrogens is 4. The molecule has 0 amide bonds. The summed E-state index contributed by atoms with van der Waals surface area (Å²) in [5, 5.41) is 6.95. The van der Waals surface area contributed by atoms with Crippen molar-refractivity contribution >= 4 is 5.69 Å². The molecular formula is C13H11N5O. The van der Waals surface area contributed by atoms with Crippen LogP contribution in [0.2, 0.25) is 0 Å². The smallest absolute Gasteiger partial charge is 0.258 e. The first kappa shape index (κ1) is 11.3. The van der Waals surface area contributed by atoms with Crippen LogP contribution in [0.3, 0.4) is 0 Å². The number of hydrogen-bond acceptors (Lipinski definition) is 6. The van der Waals surface area contributed by atoms with Crippen LogP contribution in [0, 0.1) is 0 Å². The lowest BCUT2D eigenvalue weighted by Gasteiger charge is -1.99. The molecule has 6 nitrogen and oxygen atoms in total. The van der Waals surface area contributed by atoms with Gasteiger partial charge in [-0.25, -0.2) is 4.98 Å². The summed E-state index contributed by atoms with van der Waals surface area (Å²) in [6.45, 7) is 0. The van der Waals surface area contributed by atoms with Crippen LogP contribution in [0.4, 0.5) is 5.69 Å². The summed E-state index contributed by atoms with van der Waals surface area (Å²) in [7, 11) is 1.87. The van der Waals surface area contributed by atoms with Gasteiger partial charge >= 0.3 is 0 Å². The van der Waals surface area contributed by atoms with E-state index in [-0.39, 0.29) is 0 Å². The molecule has 0 unspecified atom stereocenters. The molecule has 0 aliphatic carbocycles. The lowest BCUT2D eigenvalue weighted by molar-refractivity contribution is 0.432. The Morgan fingerprint density at radius 2 is 1.95 bits per heavy atom. The van der Waals surface area contributed by atoms with Gasteiger partial charge in [0.15, 0.2) is 0 Å². The van der Waals surface area contributed by atoms with E-state index < -0.39 is 0 Å². The highest BCUT2D eigenvalue weighted by Crippen LogP contribution is 2.21. The molecule has 3 rings (SSSR count). The van der Waals surface area contributed by atoms with Crippen molar-refractivity contribution in [3.8, 4) is 23.0 Å². The Morgan fingerprint density at radius 1 is 1.11 bits per heavy atom. The van der Waals surface area contributed by atoms with Gasteiger partial charge in [0, 0.05) is 30.7 Å². The van der Waals surface area contributed by atoms with E-state index in [2.05, 4.69) is 25.4 Å². The van der Waals surface area contributed by atoms with Crippen molar-refractivity contribution in [2.75, 3.05) is 12.4 Å². The van der Waals surface area contributed by atoms with Gasteiger partial charge in [-0.1, -0.05) is 5.16 Å². The third kappa shape index (κ3) is 2.28. The predicted octanol–water partition coefficient (Wildman–Crippen LogP) is 2.24. The molecule has 6 heteroatoms. The number of benzene rings is 1. The van der Waals surface area contributed by atoms with Gasteiger partial charge in [-0.3, -0.25) is 4.98 Å². The molecule has 0 aliphatic rings. The summed E-state index contributed by atoms with van der Waals surface area (Å²) >= 11 is 0. The van der Waals surface area contributed by atoms with Crippen molar-refractivity contribution in [2.45, 2.75) is 0 Å². The Balaban J connectivity index is 1.92. The third-order valence-corrected chi connectivity index (χ3v) is 2.64. The fourth-order valence-corrected chi connectivity index (χ4v) is 1.64. The Hall–Kier alpha value is -2.76. The van der Waals surface area contributed by atoms with E-state index in [1.807, 2.05) is 31.3 Å². The summed E-state index contributed by atoms with van der Waals surface area (Å²) in [6.07, 6.45) is 4.78. The molecule has 2 heterocycles. The number of rotatable bonds is 3. The van der Waals surface area contributed by atoms with Crippen LogP contribution < -0.4 is 5.32 Å². The average Bonchev–Trinajstić information content (AvgIpc) is 2.98. The topological polar surface area (TPSA) is 76.7 Å². The molecule has 0 saturated heterocycles. The van der Waals surface area contributed by atoms with Crippen molar-refractivity contribution < 1.29 is 4.52 Å². The molecular weight excluding hydrogens is 242 g/mol. The zero-order valence-electron chi connectivity index (χ0n) is 10.2. The molecule has 0 atom stereocenters. The second-order valence-electron chi connectivity index (χ2n) is 3.84. The SMILES string of the molecule is CNc1ccc(-c2nc(-c3cnccn3)no2)cc1. The van der Waals surface area contributed by atoms with Crippen LogP contribution in [0.1, 0.15) is 0 Å². The number of nitrogens with zero attached hydrogens (tertiary/aromatic N) is 4. The molecule has 1 N–H and O–H groups in total. The maximum absolute atomic E-state index is 5.23. The van der Waals surface area contributed by atoms with Crippen LogP contribution in [-0.4, -0.2) is 27.2 Å². The van der Waals surface area contributed by atoms with Crippen LogP contribution in [0.15, 0.2) is 47.4 Å². The maximum Gasteiger partial charge on any atom is 0.258 e. The van der Waals surface area contributed by atoms with Crippen LogP contribution in [0.5, 0.6) is 0 Å². The van der Waals surface area contributed by atoms with Gasteiger partial charge in [0.2, 0.25) is 5.82 Å². The first-order valence-corrected chi connectivity index (χ1v) is 5.75. The van der Waals surface area contributed by atoms with Crippen molar-refractivity contribution in [1.29, 1.82) is 0 Å². The van der Waals surface area contributed by atoms with Crippen LogP contribution in [-0.2, 0) is 0 Å². The highest BCUT2D eigenvalue weighted by Gasteiger charge is 2.11. The van der Waals surface area contributed by atoms with Gasteiger partial charge in [0.1, 0.15) is 5.69 Å². The van der Waals surface area contributed by atoms with E-state index >= 15 is 0 Å². The molecule has 94 valence electrons. The van der Waals surface area contributed by atoms with Crippen molar-refractivity contribution in [3.63, 3.8) is 0 Å². The molecule has 0 spiro atoms. The predicted molar refractivity (Wildman–Crippen MR) is 70.3 cm³/mol. The largest absolute Gasteiger partial charge is 0.388 e. The molecule has 0 saturated carbocycles. The molecule has 19 heavy (non-hydrogen) atoms. The van der Waals surface area contributed by atoms with E-state index in [0.29, 0.717) is 17.4 Å². The van der Waals surface area contributed by atoms with Gasteiger partial charge in [0.25, 0.3) is 5.89 Å². The highest BCUT2D eigenvalue weighted by molar-refractivity contribution is 5.60. The van der Waals surface area contributed by atoms with Gasteiger partial charge in [-0.2, -0.15) is 4.98 Å². The summed E-state index contributed by atoms with van der Waals surface area (Å²) in [6, 6.07) is 7.72. The minimum atomic E-state index is 0.431. The normalized spacial score (nSPS) is 10.4. The monoisotopic (exact) mass is 253 g/mol. The zero-order valence-corrected chi connectivity index (χ0v) is 10.2. The summed E-state index contributed by atoms with van der Waals surface area (Å²) in [5.41, 5.74) is 2.48. The summed E-state index contributed by atoms with van der Waals surface area (Å²) in [5.74, 6) is 0.893. The average molecular weight is 253 g/mol. The minimum Gasteiger partial charge on any atom is -0.388 e. The van der Waals surface area contributed by atoms with Gasteiger partial charge in [0.05, 0.1) is 6.20 Å². The maximum atomic E-state index is 5.23. The van der Waals surface area contributed by atoms with Crippen LogP contribution >= 0.6 is 0 Å². The Morgan fingerprint density at radius 3 is 2.63 bits per heavy atom. The van der Waals surface area contributed by atoms with E-state index in [9.17, 15) is 0 Å². The number of nitrogens with one attached hydrogen (secondary N) is 1. The Kier molecular flexibility index (Phi) is 2.89. The Labute approximate surface area is 109 Å². The number of hydrogen-bond donors (Lipinski definition) is 1. The van der Waals surface area contributed by atoms with Crippen molar-refractivity contribution in [1.82, 2.24) is 20.1 Å². The molecule has 2 aromatic heterocycles. The molecule has 0 radical (unpaired) electrons. The van der Waals surface area contributed by atoms with E-state index in [4.69, 9.17) is 4.52 Å². The molecule has 1 aromatic carbocycles. The standard InChI is InChI=1S/C13H11N5O/c1-14-10-4-2-9(3-5-10)13-17-12(18-19-13)11-8-15-6-7-16-11/h2-8,14H,1H3.